The molecule has 1 aliphatic rings. The summed E-state index contributed by atoms with van der Waals surface area (Å²) in [5, 5.41) is 4.01. The molecular weight excluding hydrogens is 270 g/mol. The fourth-order valence-electron chi connectivity index (χ4n) is 2.02. The molecule has 108 valence electrons. The third-order valence-corrected chi connectivity index (χ3v) is 4.20. The monoisotopic (exact) mass is 291 g/mol. The quantitative estimate of drug-likeness (QED) is 0.664. The molecule has 1 fully saturated rings. The van der Waals surface area contributed by atoms with E-state index in [1.807, 2.05) is 23.9 Å². The lowest BCUT2D eigenvalue weighted by Gasteiger charge is -2.24. The van der Waals surface area contributed by atoms with Crippen LogP contribution in [0.15, 0.2) is 29.4 Å². The van der Waals surface area contributed by atoms with Crippen LogP contribution in [0.5, 0.6) is 0 Å². The third kappa shape index (κ3) is 4.98. The Bertz CT molecular complexity index is 453. The fraction of sp³-hybridized carbons (Fsp3) is 0.467. The number of carbonyl (C=O) groups excluding carboxylic acids is 1. The maximum atomic E-state index is 11.7. The molecule has 0 saturated carbocycles. The second-order valence-electron chi connectivity index (χ2n) is 4.78. The van der Waals surface area contributed by atoms with Crippen LogP contribution in [-0.4, -0.2) is 48.2 Å². The molecule has 5 heteroatoms. The summed E-state index contributed by atoms with van der Waals surface area (Å²) in [5.74, 6) is 2.18. The summed E-state index contributed by atoms with van der Waals surface area (Å²) in [6.07, 6.45) is 2.71. The molecule has 0 atom stereocenters. The molecule has 1 aliphatic heterocycles. The van der Waals surface area contributed by atoms with E-state index in [0.717, 1.165) is 36.6 Å². The maximum Gasteiger partial charge on any atom is 0.254 e. The van der Waals surface area contributed by atoms with Crippen molar-refractivity contribution in [1.29, 1.82) is 0 Å². The summed E-state index contributed by atoms with van der Waals surface area (Å²) in [6.45, 7) is 4.54. The van der Waals surface area contributed by atoms with E-state index in [2.05, 4.69) is 34.5 Å². The van der Waals surface area contributed by atoms with Crippen molar-refractivity contribution in [2.75, 3.05) is 31.1 Å². The van der Waals surface area contributed by atoms with E-state index in [0.29, 0.717) is 6.54 Å². The average Bonchev–Trinajstić information content (AvgIpc) is 2.49. The summed E-state index contributed by atoms with van der Waals surface area (Å²) in [7, 11) is 0. The van der Waals surface area contributed by atoms with E-state index in [1.165, 1.54) is 5.56 Å². The van der Waals surface area contributed by atoms with Crippen molar-refractivity contribution in [2.24, 2.45) is 5.10 Å². The highest BCUT2D eigenvalue weighted by molar-refractivity contribution is 7.99. The van der Waals surface area contributed by atoms with Gasteiger partial charge in [-0.25, -0.2) is 5.43 Å². The van der Waals surface area contributed by atoms with E-state index in [9.17, 15) is 4.79 Å². The lowest BCUT2D eigenvalue weighted by Crippen LogP contribution is -2.40. The van der Waals surface area contributed by atoms with Gasteiger partial charge in [-0.1, -0.05) is 31.2 Å². The molecule has 2 rings (SSSR count). The molecule has 0 unspecified atom stereocenters. The van der Waals surface area contributed by atoms with Crippen molar-refractivity contribution in [3.63, 3.8) is 0 Å². The zero-order chi connectivity index (χ0) is 14.2. The van der Waals surface area contributed by atoms with Gasteiger partial charge < -0.3 is 0 Å². The number of hydrogen-bond donors (Lipinski definition) is 1. The van der Waals surface area contributed by atoms with Crippen LogP contribution in [0.25, 0.3) is 0 Å². The van der Waals surface area contributed by atoms with Crippen LogP contribution in [0, 0.1) is 0 Å². The maximum absolute atomic E-state index is 11.7. The molecule has 0 spiro atoms. The van der Waals surface area contributed by atoms with Crippen molar-refractivity contribution in [1.82, 2.24) is 10.3 Å². The number of hydrogen-bond acceptors (Lipinski definition) is 4. The van der Waals surface area contributed by atoms with Gasteiger partial charge in [0.15, 0.2) is 0 Å². The second kappa shape index (κ2) is 8.07. The van der Waals surface area contributed by atoms with Gasteiger partial charge in [0.1, 0.15) is 0 Å². The second-order valence-corrected chi connectivity index (χ2v) is 6.00. The average molecular weight is 291 g/mol. The summed E-state index contributed by atoms with van der Waals surface area (Å²) < 4.78 is 0. The normalized spacial score (nSPS) is 16.4. The standard InChI is InChI=1S/C15H21N3OS/c1-2-13-3-5-14(6-4-13)11-16-17-15(19)12-18-7-9-20-10-8-18/h3-6,11H,2,7-10,12H2,1H3,(H,17,19)/b16-11+. The van der Waals surface area contributed by atoms with E-state index in [-0.39, 0.29) is 5.91 Å². The number of thioether (sulfide) groups is 1. The first-order chi connectivity index (χ1) is 9.78. The summed E-state index contributed by atoms with van der Waals surface area (Å²) >= 11 is 1.94. The number of amides is 1. The van der Waals surface area contributed by atoms with Gasteiger partial charge in [0, 0.05) is 24.6 Å². The molecule has 1 aromatic rings. The largest absolute Gasteiger partial charge is 0.293 e. The highest BCUT2D eigenvalue weighted by Gasteiger charge is 2.13. The first kappa shape index (κ1) is 15.1. The minimum Gasteiger partial charge on any atom is -0.293 e. The van der Waals surface area contributed by atoms with Crippen LogP contribution in [0.3, 0.4) is 0 Å². The Hall–Kier alpha value is -1.33. The van der Waals surface area contributed by atoms with Gasteiger partial charge in [0.05, 0.1) is 12.8 Å². The predicted molar refractivity (Wildman–Crippen MR) is 85.3 cm³/mol. The molecule has 1 amide bonds. The Balaban J connectivity index is 1.75. The predicted octanol–water partition coefficient (Wildman–Crippen LogP) is 1.75. The van der Waals surface area contributed by atoms with Gasteiger partial charge in [-0.2, -0.15) is 16.9 Å². The molecule has 1 saturated heterocycles. The van der Waals surface area contributed by atoms with E-state index in [4.69, 9.17) is 0 Å². The number of carbonyl (C=O) groups is 1. The van der Waals surface area contributed by atoms with Gasteiger partial charge >= 0.3 is 0 Å². The van der Waals surface area contributed by atoms with Crippen molar-refractivity contribution in [3.8, 4) is 0 Å². The molecule has 1 aromatic carbocycles. The number of benzene rings is 1. The molecule has 4 nitrogen and oxygen atoms in total. The van der Waals surface area contributed by atoms with Gasteiger partial charge in [-0.15, -0.1) is 0 Å². The van der Waals surface area contributed by atoms with Crippen molar-refractivity contribution in [2.45, 2.75) is 13.3 Å². The van der Waals surface area contributed by atoms with Crippen molar-refractivity contribution < 1.29 is 4.79 Å². The Kier molecular flexibility index (Phi) is 6.08. The Morgan fingerprint density at radius 2 is 2.05 bits per heavy atom. The van der Waals surface area contributed by atoms with E-state index >= 15 is 0 Å². The van der Waals surface area contributed by atoms with E-state index in [1.54, 1.807) is 6.21 Å². The Morgan fingerprint density at radius 1 is 1.35 bits per heavy atom. The molecule has 0 radical (unpaired) electrons. The van der Waals surface area contributed by atoms with Crippen LogP contribution in [0.1, 0.15) is 18.1 Å². The van der Waals surface area contributed by atoms with Gasteiger partial charge in [-0.3, -0.25) is 9.69 Å². The smallest absolute Gasteiger partial charge is 0.254 e. The van der Waals surface area contributed by atoms with E-state index < -0.39 is 0 Å². The Morgan fingerprint density at radius 3 is 2.70 bits per heavy atom. The Labute approximate surface area is 124 Å². The zero-order valence-corrected chi connectivity index (χ0v) is 12.7. The highest BCUT2D eigenvalue weighted by atomic mass is 32.2. The highest BCUT2D eigenvalue weighted by Crippen LogP contribution is 2.08. The number of hydrazone groups is 1. The number of nitrogens with zero attached hydrogens (tertiary/aromatic N) is 2. The zero-order valence-electron chi connectivity index (χ0n) is 11.8. The van der Waals surface area contributed by atoms with Crippen molar-refractivity contribution in [3.05, 3.63) is 35.4 Å². The van der Waals surface area contributed by atoms with Crippen LogP contribution in [-0.2, 0) is 11.2 Å². The molecule has 0 bridgehead atoms. The fourth-order valence-corrected chi connectivity index (χ4v) is 2.99. The summed E-state index contributed by atoms with van der Waals surface area (Å²) in [6, 6.07) is 8.18. The van der Waals surface area contributed by atoms with Crippen molar-refractivity contribution >= 4 is 23.9 Å². The topological polar surface area (TPSA) is 44.7 Å². The number of rotatable bonds is 5. The molecule has 1 N–H and O–H groups in total. The van der Waals surface area contributed by atoms with Crippen LogP contribution in [0.2, 0.25) is 0 Å². The molecule has 1 heterocycles. The van der Waals surface area contributed by atoms with Gasteiger partial charge in [0.25, 0.3) is 5.91 Å². The van der Waals surface area contributed by atoms with Gasteiger partial charge in [0.2, 0.25) is 0 Å². The minimum absolute atomic E-state index is 0.0432. The summed E-state index contributed by atoms with van der Waals surface area (Å²) in [4.78, 5) is 13.9. The van der Waals surface area contributed by atoms with Crippen LogP contribution in [0.4, 0.5) is 0 Å². The molecule has 0 aliphatic carbocycles. The SMILES string of the molecule is CCc1ccc(/C=N/NC(=O)CN2CCSCC2)cc1. The number of aryl methyl sites for hydroxylation is 1. The first-order valence-electron chi connectivity index (χ1n) is 6.99. The van der Waals surface area contributed by atoms with Crippen LogP contribution >= 0.6 is 11.8 Å². The lowest BCUT2D eigenvalue weighted by molar-refractivity contribution is -0.122. The molecule has 0 aromatic heterocycles. The van der Waals surface area contributed by atoms with Crippen LogP contribution < -0.4 is 5.43 Å². The summed E-state index contributed by atoms with van der Waals surface area (Å²) in [5.41, 5.74) is 4.89. The molecular formula is C15H21N3OS. The minimum atomic E-state index is -0.0432. The number of nitrogens with one attached hydrogen (secondary N) is 1. The molecule has 20 heavy (non-hydrogen) atoms. The van der Waals surface area contributed by atoms with Gasteiger partial charge in [-0.05, 0) is 17.5 Å². The third-order valence-electron chi connectivity index (χ3n) is 3.26. The lowest BCUT2D eigenvalue weighted by atomic mass is 10.1. The first-order valence-corrected chi connectivity index (χ1v) is 8.14.